The molecule has 0 bridgehead atoms. The highest BCUT2D eigenvalue weighted by molar-refractivity contribution is 8.03. The van der Waals surface area contributed by atoms with Crippen molar-refractivity contribution in [2.24, 2.45) is 0 Å². The third kappa shape index (κ3) is 5.11. The maximum atomic E-state index is 12.4. The monoisotopic (exact) mass is 440 g/mol. The van der Waals surface area contributed by atoms with E-state index in [2.05, 4.69) is 4.18 Å². The van der Waals surface area contributed by atoms with E-state index < -0.39 is 25.8 Å². The van der Waals surface area contributed by atoms with Gasteiger partial charge in [0.25, 0.3) is 0 Å². The Morgan fingerprint density at radius 2 is 1.75 bits per heavy atom. The Balaban J connectivity index is 2.34. The van der Waals surface area contributed by atoms with Gasteiger partial charge in [-0.15, -0.1) is 0 Å². The maximum absolute atomic E-state index is 12.4. The third-order valence-corrected chi connectivity index (χ3v) is 6.18. The number of amides is 1. The van der Waals surface area contributed by atoms with Crippen LogP contribution in [-0.2, 0) is 31.5 Å². The van der Waals surface area contributed by atoms with E-state index in [1.165, 1.54) is 23.1 Å². The van der Waals surface area contributed by atoms with E-state index in [0.717, 1.165) is 6.07 Å². The Bertz CT molecular complexity index is 1110. The highest BCUT2D eigenvalue weighted by atomic mass is 32.3. The number of carbonyl (C=O) groups excluding carboxylic acids is 1. The zero-order chi connectivity index (χ0) is 21.3. The second-order valence-corrected chi connectivity index (χ2v) is 9.06. The molecule has 2 aromatic carbocycles. The number of fused-ring (bicyclic) bond motifs is 1. The first-order chi connectivity index (χ1) is 12.7. The zero-order valence-corrected chi connectivity index (χ0v) is 16.2. The van der Waals surface area contributed by atoms with Crippen LogP contribution in [0.15, 0.2) is 36.4 Å². The molecule has 0 saturated carbocycles. The quantitative estimate of drug-likeness (QED) is 0.730. The molecule has 0 unspecified atom stereocenters. The number of hydrogen-bond donors (Lipinski definition) is 1. The molecule has 2 rings (SSSR count). The molecule has 0 heterocycles. The highest BCUT2D eigenvalue weighted by Crippen LogP contribution is 2.28. The number of benzene rings is 2. The van der Waals surface area contributed by atoms with E-state index in [9.17, 15) is 34.8 Å². The number of sulfonamides is 1. The van der Waals surface area contributed by atoms with Crippen molar-refractivity contribution in [2.75, 3.05) is 14.1 Å². The van der Waals surface area contributed by atoms with Gasteiger partial charge in [-0.05, 0) is 17.0 Å². The number of hydrogen-bond acceptors (Lipinski definition) is 6. The lowest BCUT2D eigenvalue weighted by Crippen LogP contribution is -2.42. The number of likely N-dealkylation sites (N-methyl/N-ethyl adjacent to an activating group) is 1. The van der Waals surface area contributed by atoms with Gasteiger partial charge in [0, 0.05) is 19.5 Å². The van der Waals surface area contributed by atoms with Crippen LogP contribution in [0.4, 0.5) is 13.2 Å². The molecule has 0 atom stereocenters. The molecule has 0 aliphatic rings. The first-order valence-electron chi connectivity index (χ1n) is 7.48. The van der Waals surface area contributed by atoms with Crippen molar-refractivity contribution in [3.8, 4) is 5.75 Å². The Morgan fingerprint density at radius 3 is 2.32 bits per heavy atom. The number of nitrogens with one attached hydrogen (secondary N) is 1. The van der Waals surface area contributed by atoms with Crippen molar-refractivity contribution in [1.82, 2.24) is 9.03 Å². The molecule has 0 radical (unpaired) electrons. The average Bonchev–Trinajstić information content (AvgIpc) is 2.52. The molecule has 0 aliphatic carbocycles. The molecule has 154 valence electrons. The molecule has 8 nitrogen and oxygen atoms in total. The van der Waals surface area contributed by atoms with Gasteiger partial charge < -0.3 is 9.08 Å². The summed E-state index contributed by atoms with van der Waals surface area (Å²) in [5.74, 6) is -0.552. The largest absolute Gasteiger partial charge is 0.512 e. The molecule has 0 saturated heterocycles. The number of carbonyl (C=O) groups is 1. The van der Waals surface area contributed by atoms with Gasteiger partial charge in [-0.25, -0.2) is 8.42 Å². The third-order valence-electron chi connectivity index (χ3n) is 3.47. The summed E-state index contributed by atoms with van der Waals surface area (Å²) < 4.78 is 87.5. The summed E-state index contributed by atoms with van der Waals surface area (Å²) in [7, 11) is -8.32. The summed E-state index contributed by atoms with van der Waals surface area (Å²) in [5.41, 5.74) is -5.21. The van der Waals surface area contributed by atoms with Crippen LogP contribution in [0.5, 0.6) is 5.75 Å². The van der Waals surface area contributed by atoms with Gasteiger partial charge in [-0.3, -0.25) is 4.79 Å². The van der Waals surface area contributed by atoms with Crippen molar-refractivity contribution >= 4 is 37.0 Å². The normalized spacial score (nSPS) is 12.8. The molecule has 0 spiro atoms. The van der Waals surface area contributed by atoms with Crippen molar-refractivity contribution in [2.45, 2.75) is 11.9 Å². The molecular weight excluding hydrogens is 425 g/mol. The van der Waals surface area contributed by atoms with Crippen LogP contribution in [0.1, 0.15) is 5.56 Å². The summed E-state index contributed by atoms with van der Waals surface area (Å²) in [6.07, 6.45) is 0.0811. The van der Waals surface area contributed by atoms with Gasteiger partial charge in [0.05, 0.1) is 6.42 Å². The number of nitrogens with zero attached hydrogens (tertiary/aromatic N) is 1. The van der Waals surface area contributed by atoms with E-state index in [0.29, 0.717) is 15.1 Å². The highest BCUT2D eigenvalue weighted by Gasteiger charge is 2.48. The smallest absolute Gasteiger partial charge is 0.370 e. The Kier molecular flexibility index (Phi) is 5.92. The first-order valence-corrected chi connectivity index (χ1v) is 10.4. The minimum atomic E-state index is -6.16. The summed E-state index contributed by atoms with van der Waals surface area (Å²) >= 11 is 0. The zero-order valence-electron chi connectivity index (χ0n) is 14.5. The maximum Gasteiger partial charge on any atom is 0.512 e. The van der Waals surface area contributed by atoms with E-state index in [-0.39, 0.29) is 23.5 Å². The van der Waals surface area contributed by atoms with E-state index >= 15 is 0 Å². The second kappa shape index (κ2) is 7.56. The van der Waals surface area contributed by atoms with Crippen LogP contribution in [-0.4, -0.2) is 47.2 Å². The van der Waals surface area contributed by atoms with Crippen LogP contribution < -0.4 is 8.31 Å². The fourth-order valence-electron chi connectivity index (χ4n) is 2.14. The Labute approximate surface area is 159 Å². The van der Waals surface area contributed by atoms with Gasteiger partial charge in [0.1, 0.15) is 0 Å². The molecule has 28 heavy (non-hydrogen) atoms. The Hall–Kier alpha value is -2.38. The second-order valence-electron chi connectivity index (χ2n) is 5.85. The van der Waals surface area contributed by atoms with Crippen molar-refractivity contribution < 1.29 is 39.0 Å². The molecule has 0 aromatic heterocycles. The van der Waals surface area contributed by atoms with Gasteiger partial charge in [0.2, 0.25) is 5.91 Å². The summed E-state index contributed by atoms with van der Waals surface area (Å²) in [5, 5.41) is 0.633. The van der Waals surface area contributed by atoms with Crippen molar-refractivity contribution in [3.05, 3.63) is 42.0 Å². The minimum Gasteiger partial charge on any atom is -0.370 e. The lowest BCUT2D eigenvalue weighted by atomic mass is 10.0. The van der Waals surface area contributed by atoms with Crippen LogP contribution in [0.2, 0.25) is 0 Å². The number of rotatable bonds is 6. The van der Waals surface area contributed by atoms with Gasteiger partial charge in [-0.2, -0.15) is 21.6 Å². The topological polar surface area (TPSA) is 110 Å². The van der Waals surface area contributed by atoms with Crippen LogP contribution in [0.25, 0.3) is 10.8 Å². The molecule has 0 aliphatic heterocycles. The standard InChI is InChI=1S/C15H15F3N2O6S2/c1-20(2)14(21)9-10-6-7-12-11(8-10)4-3-5-13(12)26-28(24,25)19-27(22,23)15(16,17)18/h3-8,19H,9H2,1-2H3. The van der Waals surface area contributed by atoms with Crippen LogP contribution >= 0.6 is 0 Å². The van der Waals surface area contributed by atoms with E-state index in [1.54, 1.807) is 26.2 Å². The summed E-state index contributed by atoms with van der Waals surface area (Å²) in [6.45, 7) is 0. The fourth-order valence-corrected chi connectivity index (χ4v) is 4.11. The molecule has 13 heteroatoms. The SMILES string of the molecule is CN(C)C(=O)Cc1ccc2c(OS(=O)(=O)NS(=O)(=O)C(F)(F)F)cccc2c1. The van der Waals surface area contributed by atoms with Crippen LogP contribution in [0.3, 0.4) is 0 Å². The molecular formula is C15H15F3N2O6S2. The average molecular weight is 440 g/mol. The summed E-state index contributed by atoms with van der Waals surface area (Å²) in [6, 6.07) is 8.59. The molecule has 1 amide bonds. The first kappa shape index (κ1) is 21.9. The van der Waals surface area contributed by atoms with Crippen LogP contribution in [0, 0.1) is 0 Å². The number of halogens is 3. The molecule has 0 fully saturated rings. The Morgan fingerprint density at radius 1 is 1.11 bits per heavy atom. The van der Waals surface area contributed by atoms with E-state index in [4.69, 9.17) is 0 Å². The summed E-state index contributed by atoms with van der Waals surface area (Å²) in [4.78, 5) is 13.2. The lowest BCUT2D eigenvalue weighted by molar-refractivity contribution is -0.127. The lowest BCUT2D eigenvalue weighted by Gasteiger charge is -2.13. The molecule has 1 N–H and O–H groups in total. The predicted octanol–water partition coefficient (Wildman–Crippen LogP) is 1.53. The minimum absolute atomic E-state index is 0.0811. The number of alkyl halides is 3. The molecule has 2 aromatic rings. The van der Waals surface area contributed by atoms with Gasteiger partial charge in [0.15, 0.2) is 5.75 Å². The van der Waals surface area contributed by atoms with Gasteiger partial charge >= 0.3 is 25.8 Å². The van der Waals surface area contributed by atoms with Gasteiger partial charge in [-0.1, -0.05) is 34.5 Å². The van der Waals surface area contributed by atoms with E-state index in [1.807, 2.05) is 0 Å². The van der Waals surface area contributed by atoms with Crippen molar-refractivity contribution in [3.63, 3.8) is 0 Å². The fraction of sp³-hybridized carbons (Fsp3) is 0.267. The van der Waals surface area contributed by atoms with Crippen molar-refractivity contribution in [1.29, 1.82) is 0 Å². The predicted molar refractivity (Wildman–Crippen MR) is 94.0 cm³/mol.